The van der Waals surface area contributed by atoms with Crippen LogP contribution in [0.2, 0.25) is 0 Å². The van der Waals surface area contributed by atoms with E-state index in [1.165, 1.54) is 62.6 Å². The Morgan fingerprint density at radius 2 is 2.02 bits per heavy atom. The van der Waals surface area contributed by atoms with E-state index >= 15 is 4.39 Å². The van der Waals surface area contributed by atoms with E-state index in [2.05, 4.69) is 25.4 Å². The van der Waals surface area contributed by atoms with Gasteiger partial charge in [0, 0.05) is 51.3 Å². The molecule has 0 bridgehead atoms. The molecular formula is C24H26FN7O7S. The lowest BCUT2D eigenvalue weighted by molar-refractivity contribution is 0.0101. The number of halogens is 1. The lowest BCUT2D eigenvalue weighted by Gasteiger charge is -2.29. The fraction of sp³-hybridized carbons (Fsp3) is 0.250. The van der Waals surface area contributed by atoms with Crippen LogP contribution in [0.25, 0.3) is 5.57 Å². The number of nitrogens with one attached hydrogen (secondary N) is 4. The van der Waals surface area contributed by atoms with Gasteiger partial charge in [-0.25, -0.2) is 13.9 Å². The van der Waals surface area contributed by atoms with Crippen LogP contribution in [0.5, 0.6) is 11.5 Å². The molecule has 0 saturated carbocycles. The van der Waals surface area contributed by atoms with Gasteiger partial charge in [-0.05, 0) is 29.3 Å². The summed E-state index contributed by atoms with van der Waals surface area (Å²) in [6.45, 7) is -0.126. The van der Waals surface area contributed by atoms with Crippen molar-refractivity contribution in [2.45, 2.75) is 12.7 Å². The number of hydrogen-bond acceptors (Lipinski definition) is 9. The van der Waals surface area contributed by atoms with Gasteiger partial charge in [0.05, 0.1) is 11.9 Å². The Morgan fingerprint density at radius 1 is 1.25 bits per heavy atom. The van der Waals surface area contributed by atoms with Crippen LogP contribution in [-0.4, -0.2) is 79.8 Å². The van der Waals surface area contributed by atoms with Crippen LogP contribution in [0, 0.1) is 5.82 Å². The number of anilines is 1. The molecule has 0 aliphatic carbocycles. The lowest BCUT2D eigenvalue weighted by Crippen LogP contribution is -2.32. The maximum Gasteiger partial charge on any atom is 0.414 e. The minimum atomic E-state index is -3.99. The van der Waals surface area contributed by atoms with Crippen molar-refractivity contribution >= 4 is 33.5 Å². The summed E-state index contributed by atoms with van der Waals surface area (Å²) in [5.41, 5.74) is 0.825. The highest BCUT2D eigenvalue weighted by molar-refractivity contribution is 7.90. The first kappa shape index (κ1) is 28.5. The van der Waals surface area contributed by atoms with Gasteiger partial charge in [0.2, 0.25) is 6.29 Å². The minimum absolute atomic E-state index is 0.0245. The van der Waals surface area contributed by atoms with Gasteiger partial charge < -0.3 is 24.8 Å². The Kier molecular flexibility index (Phi) is 8.32. The summed E-state index contributed by atoms with van der Waals surface area (Å²) in [7, 11) is 0.220. The van der Waals surface area contributed by atoms with E-state index in [0.717, 1.165) is 0 Å². The van der Waals surface area contributed by atoms with Crippen LogP contribution < -0.4 is 24.2 Å². The van der Waals surface area contributed by atoms with E-state index in [1.54, 1.807) is 6.07 Å². The molecule has 0 radical (unpaired) electrons. The molecule has 1 aromatic heterocycles. The first-order valence-electron chi connectivity index (χ1n) is 11.7. The number of benzene rings is 2. The molecule has 0 saturated heterocycles. The average molecular weight is 576 g/mol. The Balaban J connectivity index is 1.73. The molecule has 1 atom stereocenters. The van der Waals surface area contributed by atoms with E-state index in [9.17, 15) is 23.1 Å². The Labute approximate surface area is 228 Å². The van der Waals surface area contributed by atoms with E-state index in [1.807, 2.05) is 4.72 Å². The molecule has 0 spiro atoms. The molecule has 5 N–H and O–H groups in total. The number of aromatic nitrogens is 3. The number of aliphatic hydroxyl groups excluding tert-OH is 1. The van der Waals surface area contributed by atoms with Crippen LogP contribution in [0.4, 0.5) is 14.9 Å². The lowest BCUT2D eigenvalue weighted by atomic mass is 9.91. The topological polar surface area (TPSA) is 188 Å². The predicted octanol–water partition coefficient (Wildman–Crippen LogP) is 1.02. The summed E-state index contributed by atoms with van der Waals surface area (Å²) in [4.78, 5) is 25.8. The molecule has 2 aromatic carbocycles. The van der Waals surface area contributed by atoms with Crippen molar-refractivity contribution < 1.29 is 37.0 Å². The SMILES string of the molecule is CNS(=O)(=O)Nc1cccc(CC2=C(CNC(=O)c3cn[nH]n3)c3ccc(OC(=O)N(C)C)cc3OC2O)c1F. The van der Waals surface area contributed by atoms with E-state index in [-0.39, 0.29) is 47.0 Å². The number of rotatable bonds is 9. The quantitative estimate of drug-likeness (QED) is 0.248. The number of aromatic amines is 1. The fourth-order valence-electron chi connectivity index (χ4n) is 3.79. The normalized spacial score (nSPS) is 14.7. The van der Waals surface area contributed by atoms with Crippen molar-refractivity contribution in [3.63, 3.8) is 0 Å². The third-order valence-corrected chi connectivity index (χ3v) is 6.84. The molecule has 212 valence electrons. The molecule has 2 heterocycles. The van der Waals surface area contributed by atoms with Crippen molar-refractivity contribution in [1.29, 1.82) is 0 Å². The standard InChI is InChI=1S/C24H26FN7O7S/c1-26-40(36,37)30-18-6-4-5-13(21(18)25)9-16-17(11-27-22(33)19-12-28-31-29-19)15-8-7-14(38-24(35)32(2)3)10-20(15)39-23(16)34/h4-8,10,12,23,26,30,34H,9,11H2,1-3H3,(H,27,33)(H,28,29,31). The minimum Gasteiger partial charge on any atom is -0.460 e. The molecule has 14 nitrogen and oxygen atoms in total. The van der Waals surface area contributed by atoms with Crippen molar-refractivity contribution in [2.24, 2.45) is 0 Å². The summed E-state index contributed by atoms with van der Waals surface area (Å²) in [6.07, 6.45) is -1.18. The predicted molar refractivity (Wildman–Crippen MR) is 140 cm³/mol. The fourth-order valence-corrected chi connectivity index (χ4v) is 4.34. The maximum absolute atomic E-state index is 15.3. The molecule has 3 aromatic rings. The van der Waals surface area contributed by atoms with Crippen molar-refractivity contribution in [2.75, 3.05) is 32.4 Å². The average Bonchev–Trinajstić information content (AvgIpc) is 3.45. The highest BCUT2D eigenvalue weighted by Gasteiger charge is 2.29. The van der Waals surface area contributed by atoms with Gasteiger partial charge >= 0.3 is 6.09 Å². The van der Waals surface area contributed by atoms with E-state index in [0.29, 0.717) is 11.1 Å². The number of amides is 2. The Bertz CT molecular complexity index is 1560. The highest BCUT2D eigenvalue weighted by atomic mass is 32.2. The molecule has 1 aliphatic rings. The zero-order valence-corrected chi connectivity index (χ0v) is 22.4. The molecular weight excluding hydrogens is 549 g/mol. The number of nitrogens with zero attached hydrogens (tertiary/aromatic N) is 3. The Hall–Kier alpha value is -4.54. The number of hydrogen-bond donors (Lipinski definition) is 5. The van der Waals surface area contributed by atoms with Gasteiger partial charge in [0.15, 0.2) is 11.5 Å². The molecule has 40 heavy (non-hydrogen) atoms. The molecule has 4 rings (SSSR count). The zero-order valence-electron chi connectivity index (χ0n) is 21.6. The summed E-state index contributed by atoms with van der Waals surface area (Å²) < 4.78 is 54.2. The summed E-state index contributed by atoms with van der Waals surface area (Å²) in [5, 5.41) is 23.3. The van der Waals surface area contributed by atoms with Crippen molar-refractivity contribution in [1.82, 2.24) is 30.3 Å². The van der Waals surface area contributed by atoms with Gasteiger partial charge in [-0.3, -0.25) is 9.52 Å². The summed E-state index contributed by atoms with van der Waals surface area (Å²) in [5.74, 6) is -1.12. The first-order valence-corrected chi connectivity index (χ1v) is 13.2. The second kappa shape index (κ2) is 11.7. The maximum atomic E-state index is 15.3. The van der Waals surface area contributed by atoms with Crippen molar-refractivity contribution in [3.05, 3.63) is 70.8 Å². The smallest absolute Gasteiger partial charge is 0.414 e. The summed E-state index contributed by atoms with van der Waals surface area (Å²) in [6, 6.07) is 8.62. The van der Waals surface area contributed by atoms with Gasteiger partial charge in [-0.15, -0.1) is 0 Å². The molecule has 0 fully saturated rings. The number of carbonyl (C=O) groups excluding carboxylic acids is 2. The van der Waals surface area contributed by atoms with Crippen LogP contribution in [0.1, 0.15) is 21.6 Å². The third-order valence-electron chi connectivity index (χ3n) is 5.82. The molecule has 16 heteroatoms. The first-order chi connectivity index (χ1) is 19.0. The van der Waals surface area contributed by atoms with Crippen LogP contribution >= 0.6 is 0 Å². The van der Waals surface area contributed by atoms with Gasteiger partial charge in [0.1, 0.15) is 11.5 Å². The van der Waals surface area contributed by atoms with E-state index < -0.39 is 34.3 Å². The second-order valence-electron chi connectivity index (χ2n) is 8.70. The van der Waals surface area contributed by atoms with Gasteiger partial charge in [0.25, 0.3) is 16.1 Å². The van der Waals surface area contributed by atoms with Crippen molar-refractivity contribution in [3.8, 4) is 11.5 Å². The van der Waals surface area contributed by atoms with Gasteiger partial charge in [-0.1, -0.05) is 12.1 Å². The zero-order chi connectivity index (χ0) is 29.0. The largest absolute Gasteiger partial charge is 0.460 e. The number of ether oxygens (including phenoxy) is 2. The van der Waals surface area contributed by atoms with E-state index in [4.69, 9.17) is 9.47 Å². The van der Waals surface area contributed by atoms with Crippen LogP contribution in [0.15, 0.2) is 48.2 Å². The second-order valence-corrected chi connectivity index (χ2v) is 10.3. The van der Waals surface area contributed by atoms with Crippen LogP contribution in [0.3, 0.4) is 0 Å². The monoisotopic (exact) mass is 575 g/mol. The number of aliphatic hydroxyl groups is 1. The Morgan fingerprint density at radius 3 is 2.70 bits per heavy atom. The summed E-state index contributed by atoms with van der Waals surface area (Å²) >= 11 is 0. The number of fused-ring (bicyclic) bond motifs is 1. The molecule has 2 amide bonds. The van der Waals surface area contributed by atoms with Crippen LogP contribution in [-0.2, 0) is 16.6 Å². The molecule has 1 aliphatic heterocycles. The molecule has 1 unspecified atom stereocenters. The number of H-pyrrole nitrogens is 1. The van der Waals surface area contributed by atoms with Gasteiger partial charge in [-0.2, -0.15) is 23.8 Å². The third kappa shape index (κ3) is 6.36. The number of carbonyl (C=O) groups is 2. The highest BCUT2D eigenvalue weighted by Crippen LogP contribution is 2.39.